The van der Waals surface area contributed by atoms with Gasteiger partial charge in [-0.1, -0.05) is 0 Å². The largest absolute Gasteiger partial charge is 0.392 e. The Morgan fingerprint density at radius 2 is 2.10 bits per heavy atom. The molecule has 54 valence electrons. The number of hydrazine groups is 1. The molecule has 0 saturated heterocycles. The molecule has 0 aliphatic heterocycles. The molecule has 0 bridgehead atoms. The van der Waals surface area contributed by atoms with E-state index < -0.39 is 0 Å². The average molecular weight is 140 g/mol. The van der Waals surface area contributed by atoms with Crippen LogP contribution < -0.4 is 11.3 Å². The minimum Gasteiger partial charge on any atom is -0.392 e. The van der Waals surface area contributed by atoms with Gasteiger partial charge in [0.15, 0.2) is 0 Å². The van der Waals surface area contributed by atoms with E-state index in [2.05, 4.69) is 15.4 Å². The van der Waals surface area contributed by atoms with E-state index in [0.29, 0.717) is 11.5 Å². The van der Waals surface area contributed by atoms with Gasteiger partial charge in [-0.25, -0.2) is 15.8 Å². The fourth-order valence-electron chi connectivity index (χ4n) is 0.511. The zero-order chi connectivity index (χ0) is 7.40. The topological polar surface area (TPSA) is 84.1 Å². The second-order valence-corrected chi connectivity index (χ2v) is 1.72. The van der Waals surface area contributed by atoms with E-state index in [4.69, 9.17) is 10.9 Å². The molecule has 0 aromatic carbocycles. The zero-order valence-corrected chi connectivity index (χ0v) is 5.28. The molecule has 0 aliphatic carbocycles. The molecule has 1 aromatic rings. The first-order valence-electron chi connectivity index (χ1n) is 2.75. The summed E-state index contributed by atoms with van der Waals surface area (Å²) in [6, 6.07) is 0. The molecular formula is C5H8N4O. The lowest BCUT2D eigenvalue weighted by Gasteiger charge is -1.96. The van der Waals surface area contributed by atoms with E-state index in [-0.39, 0.29) is 6.61 Å². The third-order valence-corrected chi connectivity index (χ3v) is 1.02. The third-order valence-electron chi connectivity index (χ3n) is 1.02. The summed E-state index contributed by atoms with van der Waals surface area (Å²) in [5.74, 6) is 5.35. The standard InChI is InChI=1S/C5H8N4O/c6-9-5-7-1-4(3-10)2-8-5/h1-2,10H,3,6H2,(H,7,8,9). The van der Waals surface area contributed by atoms with Gasteiger partial charge in [-0.15, -0.1) is 0 Å². The lowest BCUT2D eigenvalue weighted by Crippen LogP contribution is -2.10. The Morgan fingerprint density at radius 3 is 2.50 bits per heavy atom. The maximum Gasteiger partial charge on any atom is 0.237 e. The quantitative estimate of drug-likeness (QED) is 0.372. The summed E-state index contributed by atoms with van der Waals surface area (Å²) < 4.78 is 0. The molecule has 0 unspecified atom stereocenters. The molecule has 5 nitrogen and oxygen atoms in total. The predicted molar refractivity (Wildman–Crippen MR) is 35.8 cm³/mol. The van der Waals surface area contributed by atoms with Gasteiger partial charge in [0, 0.05) is 18.0 Å². The normalized spacial score (nSPS) is 9.40. The number of aliphatic hydroxyl groups excluding tert-OH is 1. The molecule has 0 spiro atoms. The number of nitrogens with zero attached hydrogens (tertiary/aromatic N) is 2. The molecule has 0 saturated carbocycles. The van der Waals surface area contributed by atoms with Crippen LogP contribution in [0.2, 0.25) is 0 Å². The van der Waals surface area contributed by atoms with Crippen molar-refractivity contribution < 1.29 is 5.11 Å². The van der Waals surface area contributed by atoms with E-state index in [0.717, 1.165) is 0 Å². The Hall–Kier alpha value is -1.20. The number of aromatic nitrogens is 2. The van der Waals surface area contributed by atoms with Crippen molar-refractivity contribution in [1.82, 2.24) is 9.97 Å². The molecule has 5 heteroatoms. The van der Waals surface area contributed by atoms with Crippen LogP contribution in [0, 0.1) is 0 Å². The Bertz CT molecular complexity index is 174. The van der Waals surface area contributed by atoms with Crippen molar-refractivity contribution in [2.45, 2.75) is 6.61 Å². The summed E-state index contributed by atoms with van der Waals surface area (Å²) in [6.07, 6.45) is 3.00. The van der Waals surface area contributed by atoms with Crippen LogP contribution in [0.1, 0.15) is 5.56 Å². The van der Waals surface area contributed by atoms with Crippen LogP contribution in [0.5, 0.6) is 0 Å². The summed E-state index contributed by atoms with van der Waals surface area (Å²) in [4.78, 5) is 7.52. The minimum absolute atomic E-state index is 0.0507. The van der Waals surface area contributed by atoms with E-state index in [1.165, 1.54) is 12.4 Å². The average Bonchev–Trinajstić information content (AvgIpc) is 2.05. The number of anilines is 1. The van der Waals surface area contributed by atoms with Crippen molar-refractivity contribution in [2.24, 2.45) is 5.84 Å². The molecule has 0 radical (unpaired) electrons. The molecule has 0 amide bonds. The lowest BCUT2D eigenvalue weighted by molar-refractivity contribution is 0.281. The van der Waals surface area contributed by atoms with Crippen molar-refractivity contribution in [3.05, 3.63) is 18.0 Å². The van der Waals surface area contributed by atoms with E-state index in [1.54, 1.807) is 0 Å². The van der Waals surface area contributed by atoms with E-state index >= 15 is 0 Å². The number of nitrogens with two attached hydrogens (primary N) is 1. The molecule has 4 N–H and O–H groups in total. The Balaban J connectivity index is 2.80. The maximum absolute atomic E-state index is 8.57. The van der Waals surface area contributed by atoms with Gasteiger partial charge in [0.1, 0.15) is 0 Å². The van der Waals surface area contributed by atoms with Gasteiger partial charge in [0.05, 0.1) is 6.61 Å². The molecular weight excluding hydrogens is 132 g/mol. The summed E-state index contributed by atoms with van der Waals surface area (Å²) in [5, 5.41) is 8.57. The highest BCUT2D eigenvalue weighted by atomic mass is 16.3. The van der Waals surface area contributed by atoms with Crippen LogP contribution in [0.4, 0.5) is 5.95 Å². The molecule has 0 fully saturated rings. The van der Waals surface area contributed by atoms with Crippen molar-refractivity contribution in [1.29, 1.82) is 0 Å². The van der Waals surface area contributed by atoms with Gasteiger partial charge in [0.2, 0.25) is 5.95 Å². The number of nitrogen functional groups attached to an aromatic ring is 1. The Labute approximate surface area is 57.9 Å². The number of rotatable bonds is 2. The van der Waals surface area contributed by atoms with Crippen molar-refractivity contribution >= 4 is 5.95 Å². The molecule has 1 heterocycles. The fraction of sp³-hybridized carbons (Fsp3) is 0.200. The second kappa shape index (κ2) is 3.09. The highest BCUT2D eigenvalue weighted by molar-refractivity contribution is 5.21. The SMILES string of the molecule is NNc1ncc(CO)cn1. The number of nitrogens with one attached hydrogen (secondary N) is 1. The van der Waals surface area contributed by atoms with Crippen LogP contribution in [0.3, 0.4) is 0 Å². The smallest absolute Gasteiger partial charge is 0.237 e. The first-order chi connectivity index (χ1) is 4.86. The second-order valence-electron chi connectivity index (χ2n) is 1.72. The molecule has 1 aromatic heterocycles. The maximum atomic E-state index is 8.57. The molecule has 10 heavy (non-hydrogen) atoms. The summed E-state index contributed by atoms with van der Waals surface area (Å²) in [7, 11) is 0. The molecule has 0 atom stereocenters. The number of hydrogen-bond donors (Lipinski definition) is 3. The van der Waals surface area contributed by atoms with Crippen LogP contribution in [0.15, 0.2) is 12.4 Å². The summed E-state index contributed by atoms with van der Waals surface area (Å²) >= 11 is 0. The van der Waals surface area contributed by atoms with Gasteiger partial charge in [-0.2, -0.15) is 0 Å². The van der Waals surface area contributed by atoms with Gasteiger partial charge >= 0.3 is 0 Å². The van der Waals surface area contributed by atoms with E-state index in [1.807, 2.05) is 0 Å². The highest BCUT2D eigenvalue weighted by Gasteiger charge is 1.91. The van der Waals surface area contributed by atoms with Crippen LogP contribution >= 0.6 is 0 Å². The first-order valence-corrected chi connectivity index (χ1v) is 2.75. The van der Waals surface area contributed by atoms with Crippen LogP contribution in [-0.4, -0.2) is 15.1 Å². The third kappa shape index (κ3) is 1.40. The monoisotopic (exact) mass is 140 g/mol. The fourth-order valence-corrected chi connectivity index (χ4v) is 0.511. The van der Waals surface area contributed by atoms with Crippen LogP contribution in [-0.2, 0) is 6.61 Å². The molecule has 0 aliphatic rings. The van der Waals surface area contributed by atoms with Gasteiger partial charge in [0.25, 0.3) is 0 Å². The van der Waals surface area contributed by atoms with Gasteiger partial charge in [-0.3, -0.25) is 5.43 Å². The highest BCUT2D eigenvalue weighted by Crippen LogP contribution is 1.96. The van der Waals surface area contributed by atoms with Crippen molar-refractivity contribution in [2.75, 3.05) is 5.43 Å². The lowest BCUT2D eigenvalue weighted by atomic mass is 10.4. The molecule has 1 rings (SSSR count). The first kappa shape index (κ1) is 6.91. The Kier molecular flexibility index (Phi) is 2.14. The van der Waals surface area contributed by atoms with Crippen molar-refractivity contribution in [3.63, 3.8) is 0 Å². The number of hydrogen-bond acceptors (Lipinski definition) is 5. The summed E-state index contributed by atoms with van der Waals surface area (Å²) in [5.41, 5.74) is 2.94. The minimum atomic E-state index is -0.0507. The summed E-state index contributed by atoms with van der Waals surface area (Å²) in [6.45, 7) is -0.0507. The Morgan fingerprint density at radius 1 is 1.50 bits per heavy atom. The van der Waals surface area contributed by atoms with Crippen molar-refractivity contribution in [3.8, 4) is 0 Å². The van der Waals surface area contributed by atoms with Crippen LogP contribution in [0.25, 0.3) is 0 Å². The zero-order valence-electron chi connectivity index (χ0n) is 5.28. The van der Waals surface area contributed by atoms with E-state index in [9.17, 15) is 0 Å². The number of aliphatic hydroxyl groups is 1. The predicted octanol–water partition coefficient (Wildman–Crippen LogP) is -0.746. The van der Waals surface area contributed by atoms with Gasteiger partial charge in [-0.05, 0) is 0 Å². The van der Waals surface area contributed by atoms with Gasteiger partial charge < -0.3 is 5.11 Å².